The Kier molecular flexibility index (Phi) is 3.87. The zero-order valence-electron chi connectivity index (χ0n) is 11.4. The molecule has 0 aliphatic rings. The molecule has 0 radical (unpaired) electrons. The number of rotatable bonds is 3. The van der Waals surface area contributed by atoms with E-state index in [4.69, 9.17) is 0 Å². The average Bonchev–Trinajstić information content (AvgIpc) is 3.00. The van der Waals surface area contributed by atoms with Crippen LogP contribution in [0.5, 0.6) is 5.75 Å². The van der Waals surface area contributed by atoms with Crippen molar-refractivity contribution in [2.45, 2.75) is 6.18 Å². The fraction of sp³-hybridized carbons (Fsp3) is 0.0714. The normalized spacial score (nSPS) is 11.4. The van der Waals surface area contributed by atoms with Crippen LogP contribution in [0.4, 0.5) is 24.8 Å². The molecule has 0 atom stereocenters. The molecule has 2 heterocycles. The number of nitrogens with one attached hydrogen (secondary N) is 1. The number of aromatic nitrogens is 3. The molecule has 118 valence electrons. The third-order valence-electron chi connectivity index (χ3n) is 2.85. The van der Waals surface area contributed by atoms with Gasteiger partial charge in [0.1, 0.15) is 5.75 Å². The molecule has 3 rings (SSSR count). The van der Waals surface area contributed by atoms with Gasteiger partial charge in [0.05, 0.1) is 22.5 Å². The van der Waals surface area contributed by atoms with Gasteiger partial charge in [0.2, 0.25) is 5.95 Å². The maximum atomic E-state index is 12.8. The summed E-state index contributed by atoms with van der Waals surface area (Å²) in [5.74, 6) is -0.396. The highest BCUT2D eigenvalue weighted by atomic mass is 32.1. The zero-order chi connectivity index (χ0) is 16.4. The van der Waals surface area contributed by atoms with Crippen LogP contribution in [0.3, 0.4) is 0 Å². The molecule has 0 saturated heterocycles. The summed E-state index contributed by atoms with van der Waals surface area (Å²) in [6.45, 7) is 0. The first kappa shape index (κ1) is 15.2. The predicted molar refractivity (Wildman–Crippen MR) is 79.5 cm³/mol. The van der Waals surface area contributed by atoms with Crippen LogP contribution in [0.1, 0.15) is 5.56 Å². The summed E-state index contributed by atoms with van der Waals surface area (Å²) in [5.41, 5.74) is 1.91. The molecule has 9 heteroatoms. The van der Waals surface area contributed by atoms with Crippen molar-refractivity contribution in [3.05, 3.63) is 46.9 Å². The van der Waals surface area contributed by atoms with Crippen molar-refractivity contribution >= 4 is 23.0 Å². The molecular formula is C14H9F3N4OS. The topological polar surface area (TPSA) is 70.9 Å². The van der Waals surface area contributed by atoms with Gasteiger partial charge in [-0.3, -0.25) is 0 Å². The fourth-order valence-corrected chi connectivity index (χ4v) is 2.42. The standard InChI is InChI=1S/C14H9F3N4OS/c15-14(16,17)8-3-9(5-10(22)4-8)20-13-18-2-1-11(21-13)12-6-23-7-19-12/h1-7,22H,(H,18,20,21). The number of nitrogens with zero attached hydrogens (tertiary/aromatic N) is 3. The van der Waals surface area contributed by atoms with E-state index in [1.807, 2.05) is 0 Å². The van der Waals surface area contributed by atoms with Crippen LogP contribution in [-0.2, 0) is 6.18 Å². The Bertz CT molecular complexity index is 821. The van der Waals surface area contributed by atoms with Crippen molar-refractivity contribution < 1.29 is 18.3 Å². The van der Waals surface area contributed by atoms with E-state index in [9.17, 15) is 18.3 Å². The molecule has 1 aromatic carbocycles. The third kappa shape index (κ3) is 3.57. The Balaban J connectivity index is 1.91. The number of anilines is 2. The number of thiazole rings is 1. The quantitative estimate of drug-likeness (QED) is 0.753. The number of aromatic hydroxyl groups is 1. The van der Waals surface area contributed by atoms with Crippen LogP contribution < -0.4 is 5.32 Å². The third-order valence-corrected chi connectivity index (χ3v) is 3.44. The van der Waals surface area contributed by atoms with Gasteiger partial charge in [-0.25, -0.2) is 15.0 Å². The number of benzene rings is 1. The highest BCUT2D eigenvalue weighted by Gasteiger charge is 2.31. The summed E-state index contributed by atoms with van der Waals surface area (Å²) in [4.78, 5) is 12.3. The second-order valence-corrected chi connectivity index (χ2v) is 5.25. The molecule has 2 N–H and O–H groups in total. The highest BCUT2D eigenvalue weighted by Crippen LogP contribution is 2.34. The van der Waals surface area contributed by atoms with Gasteiger partial charge in [0.25, 0.3) is 0 Å². The monoisotopic (exact) mass is 338 g/mol. The number of hydrogen-bond donors (Lipinski definition) is 2. The van der Waals surface area contributed by atoms with E-state index >= 15 is 0 Å². The lowest BCUT2D eigenvalue weighted by Gasteiger charge is -2.11. The Hall–Kier alpha value is -2.68. The Morgan fingerprint density at radius 3 is 2.61 bits per heavy atom. The minimum absolute atomic E-state index is 0.0350. The van der Waals surface area contributed by atoms with Crippen molar-refractivity contribution in [1.29, 1.82) is 0 Å². The van der Waals surface area contributed by atoms with Gasteiger partial charge < -0.3 is 10.4 Å². The van der Waals surface area contributed by atoms with Crippen molar-refractivity contribution in [2.75, 3.05) is 5.32 Å². The van der Waals surface area contributed by atoms with E-state index in [1.165, 1.54) is 17.5 Å². The van der Waals surface area contributed by atoms with E-state index in [0.29, 0.717) is 17.5 Å². The molecule has 23 heavy (non-hydrogen) atoms. The average molecular weight is 338 g/mol. The van der Waals surface area contributed by atoms with Crippen LogP contribution >= 0.6 is 11.3 Å². The van der Waals surface area contributed by atoms with Crippen molar-refractivity contribution in [3.8, 4) is 17.1 Å². The maximum absolute atomic E-state index is 12.8. The van der Waals surface area contributed by atoms with E-state index in [0.717, 1.165) is 12.1 Å². The first-order valence-electron chi connectivity index (χ1n) is 6.32. The summed E-state index contributed by atoms with van der Waals surface area (Å²) < 4.78 is 38.3. The van der Waals surface area contributed by atoms with Crippen molar-refractivity contribution in [2.24, 2.45) is 0 Å². The molecule has 0 fully saturated rings. The van der Waals surface area contributed by atoms with Gasteiger partial charge in [0.15, 0.2) is 0 Å². The Morgan fingerprint density at radius 2 is 1.91 bits per heavy atom. The number of phenols is 1. The van der Waals surface area contributed by atoms with Gasteiger partial charge >= 0.3 is 6.18 Å². The molecule has 0 aliphatic carbocycles. The molecule has 0 unspecified atom stereocenters. The van der Waals surface area contributed by atoms with Crippen LogP contribution in [0.2, 0.25) is 0 Å². The summed E-state index contributed by atoms with van der Waals surface area (Å²) in [7, 11) is 0. The lowest BCUT2D eigenvalue weighted by atomic mass is 10.2. The molecule has 5 nitrogen and oxygen atoms in total. The summed E-state index contributed by atoms with van der Waals surface area (Å²) in [5, 5.41) is 13.9. The smallest absolute Gasteiger partial charge is 0.416 e. The number of alkyl halides is 3. The SMILES string of the molecule is Oc1cc(Nc2nccc(-c3cscn3)n2)cc(C(F)(F)F)c1. The number of phenolic OH excluding ortho intramolecular Hbond substituents is 1. The predicted octanol–water partition coefficient (Wildman–Crippen LogP) is 4.07. The number of halogens is 3. The number of hydrogen-bond acceptors (Lipinski definition) is 6. The van der Waals surface area contributed by atoms with Gasteiger partial charge in [0, 0.05) is 23.3 Å². The summed E-state index contributed by atoms with van der Waals surface area (Å²) in [6.07, 6.45) is -3.09. The van der Waals surface area contributed by atoms with Crippen LogP contribution in [0.25, 0.3) is 11.4 Å². The van der Waals surface area contributed by atoms with Crippen LogP contribution in [-0.4, -0.2) is 20.1 Å². The summed E-state index contributed by atoms with van der Waals surface area (Å²) >= 11 is 1.40. The molecule has 0 amide bonds. The second-order valence-electron chi connectivity index (χ2n) is 4.53. The summed E-state index contributed by atoms with van der Waals surface area (Å²) in [6, 6.07) is 4.33. The fourth-order valence-electron chi connectivity index (χ4n) is 1.88. The van der Waals surface area contributed by atoms with E-state index in [1.54, 1.807) is 17.0 Å². The largest absolute Gasteiger partial charge is 0.508 e. The second kappa shape index (κ2) is 5.84. The molecule has 2 aromatic heterocycles. The zero-order valence-corrected chi connectivity index (χ0v) is 12.2. The van der Waals surface area contributed by atoms with Crippen molar-refractivity contribution in [3.63, 3.8) is 0 Å². The van der Waals surface area contributed by atoms with E-state index in [2.05, 4.69) is 20.3 Å². The van der Waals surface area contributed by atoms with Crippen LogP contribution in [0, 0.1) is 0 Å². The molecular weight excluding hydrogens is 329 g/mol. The molecule has 0 bridgehead atoms. The minimum atomic E-state index is -4.56. The van der Waals surface area contributed by atoms with Gasteiger partial charge in [-0.15, -0.1) is 11.3 Å². The van der Waals surface area contributed by atoms with Gasteiger partial charge in [-0.1, -0.05) is 0 Å². The molecule has 3 aromatic rings. The first-order valence-corrected chi connectivity index (χ1v) is 7.26. The molecule has 0 saturated carbocycles. The van der Waals surface area contributed by atoms with Crippen LogP contribution in [0.15, 0.2) is 41.4 Å². The van der Waals surface area contributed by atoms with Gasteiger partial charge in [-0.2, -0.15) is 13.2 Å². The highest BCUT2D eigenvalue weighted by molar-refractivity contribution is 7.07. The first-order chi connectivity index (χ1) is 10.9. The Labute approximate surface area is 132 Å². The molecule has 0 spiro atoms. The minimum Gasteiger partial charge on any atom is -0.508 e. The van der Waals surface area contributed by atoms with E-state index in [-0.39, 0.29) is 11.6 Å². The van der Waals surface area contributed by atoms with Gasteiger partial charge in [-0.05, 0) is 18.2 Å². The Morgan fingerprint density at radius 1 is 1.09 bits per heavy atom. The van der Waals surface area contributed by atoms with E-state index < -0.39 is 17.5 Å². The van der Waals surface area contributed by atoms with Crippen molar-refractivity contribution in [1.82, 2.24) is 15.0 Å². The molecule has 0 aliphatic heterocycles. The lowest BCUT2D eigenvalue weighted by Crippen LogP contribution is -2.06. The maximum Gasteiger partial charge on any atom is 0.416 e. The lowest BCUT2D eigenvalue weighted by molar-refractivity contribution is -0.137.